The van der Waals surface area contributed by atoms with E-state index >= 15 is 0 Å². The number of hydrogen-bond donors (Lipinski definition) is 1. The van der Waals surface area contributed by atoms with Crippen LogP contribution in [-0.2, 0) is 4.79 Å². The molecule has 0 unspecified atom stereocenters. The zero-order chi connectivity index (χ0) is 13.1. The van der Waals surface area contributed by atoms with E-state index in [1.807, 2.05) is 4.90 Å². The number of halogens is 1. The summed E-state index contributed by atoms with van der Waals surface area (Å²) in [5, 5.41) is 9.82. The maximum atomic E-state index is 11.1. The highest BCUT2D eigenvalue weighted by Gasteiger charge is 2.27. The van der Waals surface area contributed by atoms with Crippen LogP contribution in [0.5, 0.6) is 0 Å². The quantitative estimate of drug-likeness (QED) is 0.865. The molecule has 4 nitrogen and oxygen atoms in total. The van der Waals surface area contributed by atoms with Crippen LogP contribution >= 0.6 is 23.4 Å². The summed E-state index contributed by atoms with van der Waals surface area (Å²) in [6, 6.07) is 1.81. The number of hydrogen-bond acceptors (Lipinski definition) is 5. The van der Waals surface area contributed by atoms with Gasteiger partial charge in [-0.05, 0) is 18.9 Å². The smallest absolute Gasteiger partial charge is 0.190 e. The lowest BCUT2D eigenvalue weighted by Crippen LogP contribution is -2.33. The second-order valence-corrected chi connectivity index (χ2v) is 5.81. The van der Waals surface area contributed by atoms with Crippen molar-refractivity contribution in [2.24, 2.45) is 0 Å². The highest BCUT2D eigenvalue weighted by molar-refractivity contribution is 8.13. The molecule has 0 amide bonds. The lowest BCUT2D eigenvalue weighted by Gasteiger charge is -2.25. The third-order valence-corrected chi connectivity index (χ3v) is 4.28. The molecule has 0 bridgehead atoms. The normalized spacial score (nSPS) is 19.3. The molecule has 1 aromatic rings. The van der Waals surface area contributed by atoms with Gasteiger partial charge in [-0.3, -0.25) is 4.79 Å². The van der Waals surface area contributed by atoms with Gasteiger partial charge in [-0.15, -0.1) is 0 Å². The maximum absolute atomic E-state index is 11.1. The number of rotatable bonds is 3. The Morgan fingerprint density at radius 1 is 1.72 bits per heavy atom. The van der Waals surface area contributed by atoms with Crippen LogP contribution < -0.4 is 4.90 Å². The van der Waals surface area contributed by atoms with Gasteiger partial charge in [0.25, 0.3) is 0 Å². The van der Waals surface area contributed by atoms with E-state index < -0.39 is 0 Å². The Balaban J connectivity index is 2.30. The maximum Gasteiger partial charge on any atom is 0.190 e. The summed E-state index contributed by atoms with van der Waals surface area (Å²) >= 11 is 7.40. The molecule has 98 valence electrons. The molecule has 0 saturated carbocycles. The minimum atomic E-state index is -0.00539. The van der Waals surface area contributed by atoms with E-state index in [1.165, 1.54) is 6.92 Å². The molecular weight excluding hydrogens is 272 g/mol. The van der Waals surface area contributed by atoms with Crippen molar-refractivity contribution < 1.29 is 9.90 Å². The molecule has 1 aromatic heterocycles. The number of aliphatic hydroxyl groups is 1. The van der Waals surface area contributed by atoms with Crippen molar-refractivity contribution in [1.82, 2.24) is 4.98 Å². The number of thioether (sulfide) groups is 1. The second kappa shape index (κ2) is 5.91. The minimum Gasteiger partial charge on any atom is -0.394 e. The Bertz CT molecular complexity index is 456. The molecule has 0 aromatic carbocycles. The fourth-order valence-corrected chi connectivity index (χ4v) is 3.11. The molecule has 0 aliphatic carbocycles. The Kier molecular flexibility index (Phi) is 4.48. The highest BCUT2D eigenvalue weighted by atomic mass is 35.5. The van der Waals surface area contributed by atoms with E-state index in [0.717, 1.165) is 36.0 Å². The van der Waals surface area contributed by atoms with Crippen molar-refractivity contribution in [2.75, 3.05) is 18.1 Å². The largest absolute Gasteiger partial charge is 0.394 e. The summed E-state index contributed by atoms with van der Waals surface area (Å²) in [5.41, 5.74) is 0. The fourth-order valence-electron chi connectivity index (χ4n) is 2.15. The first kappa shape index (κ1) is 13.6. The lowest BCUT2D eigenvalue weighted by molar-refractivity contribution is -0.109. The summed E-state index contributed by atoms with van der Waals surface area (Å²) in [6.07, 6.45) is 3.62. The van der Waals surface area contributed by atoms with Crippen molar-refractivity contribution >= 4 is 34.3 Å². The van der Waals surface area contributed by atoms with Gasteiger partial charge in [0.2, 0.25) is 0 Å². The molecule has 1 aliphatic rings. The van der Waals surface area contributed by atoms with Crippen LogP contribution in [0.2, 0.25) is 5.02 Å². The van der Waals surface area contributed by atoms with Crippen LogP contribution in [0.15, 0.2) is 17.2 Å². The van der Waals surface area contributed by atoms with E-state index in [1.54, 1.807) is 12.3 Å². The molecule has 1 saturated heterocycles. The van der Waals surface area contributed by atoms with Gasteiger partial charge in [0.1, 0.15) is 5.82 Å². The third kappa shape index (κ3) is 2.79. The molecule has 0 radical (unpaired) electrons. The van der Waals surface area contributed by atoms with Crippen molar-refractivity contribution in [3.63, 3.8) is 0 Å². The van der Waals surface area contributed by atoms with Crippen LogP contribution in [0.3, 0.4) is 0 Å². The van der Waals surface area contributed by atoms with E-state index in [9.17, 15) is 9.90 Å². The van der Waals surface area contributed by atoms with Gasteiger partial charge in [0.15, 0.2) is 5.12 Å². The number of pyridine rings is 1. The SMILES string of the molecule is CC(=O)Sc1ccnc(N2CCC[C@H]2CO)c1Cl. The summed E-state index contributed by atoms with van der Waals surface area (Å²) in [4.78, 5) is 18.2. The zero-order valence-electron chi connectivity index (χ0n) is 10.1. The van der Waals surface area contributed by atoms with E-state index in [-0.39, 0.29) is 17.8 Å². The van der Waals surface area contributed by atoms with E-state index in [4.69, 9.17) is 11.6 Å². The first-order chi connectivity index (χ1) is 8.63. The van der Waals surface area contributed by atoms with Gasteiger partial charge < -0.3 is 10.0 Å². The molecule has 1 fully saturated rings. The van der Waals surface area contributed by atoms with Crippen LogP contribution in [0.1, 0.15) is 19.8 Å². The fraction of sp³-hybridized carbons (Fsp3) is 0.500. The number of aliphatic hydroxyl groups excluding tert-OH is 1. The lowest BCUT2D eigenvalue weighted by atomic mass is 10.2. The van der Waals surface area contributed by atoms with Crippen LogP contribution in [-0.4, -0.2) is 34.4 Å². The molecule has 2 heterocycles. The predicted molar refractivity (Wildman–Crippen MR) is 73.2 cm³/mol. The molecule has 18 heavy (non-hydrogen) atoms. The number of anilines is 1. The summed E-state index contributed by atoms with van der Waals surface area (Å²) in [5.74, 6) is 0.666. The van der Waals surface area contributed by atoms with Crippen LogP contribution in [0.25, 0.3) is 0 Å². The van der Waals surface area contributed by atoms with Gasteiger partial charge in [0, 0.05) is 24.6 Å². The number of carbonyl (C=O) groups is 1. The van der Waals surface area contributed by atoms with Crippen molar-refractivity contribution in [3.8, 4) is 0 Å². The zero-order valence-corrected chi connectivity index (χ0v) is 11.7. The second-order valence-electron chi connectivity index (χ2n) is 4.21. The molecule has 1 aliphatic heterocycles. The average molecular weight is 287 g/mol. The summed E-state index contributed by atoms with van der Waals surface area (Å²) in [6.45, 7) is 2.45. The molecular formula is C12H15ClN2O2S. The standard InChI is InChI=1S/C12H15ClN2O2S/c1-8(17)18-10-4-5-14-12(11(10)13)15-6-2-3-9(15)7-16/h4-5,9,16H,2-3,6-7H2,1H3/t9-/m0/s1. The molecule has 1 atom stereocenters. The van der Waals surface area contributed by atoms with Crippen LogP contribution in [0, 0.1) is 0 Å². The average Bonchev–Trinajstić information content (AvgIpc) is 2.79. The number of nitrogens with zero attached hydrogens (tertiary/aromatic N) is 2. The number of aromatic nitrogens is 1. The first-order valence-corrected chi connectivity index (χ1v) is 7.03. The van der Waals surface area contributed by atoms with Gasteiger partial charge in [-0.2, -0.15) is 0 Å². The molecule has 2 rings (SSSR count). The molecule has 0 spiro atoms. The Morgan fingerprint density at radius 3 is 3.17 bits per heavy atom. The Hall–Kier alpha value is -0.780. The monoisotopic (exact) mass is 286 g/mol. The van der Waals surface area contributed by atoms with Gasteiger partial charge in [-0.1, -0.05) is 23.4 Å². The van der Waals surface area contributed by atoms with Gasteiger partial charge in [-0.25, -0.2) is 4.98 Å². The van der Waals surface area contributed by atoms with Gasteiger partial charge in [0.05, 0.1) is 17.7 Å². The summed E-state index contributed by atoms with van der Waals surface area (Å²) < 4.78 is 0. The van der Waals surface area contributed by atoms with E-state index in [2.05, 4.69) is 4.98 Å². The highest BCUT2D eigenvalue weighted by Crippen LogP contribution is 2.36. The Morgan fingerprint density at radius 2 is 2.50 bits per heavy atom. The first-order valence-electron chi connectivity index (χ1n) is 5.84. The Labute approximate surface area is 115 Å². The van der Waals surface area contributed by atoms with E-state index in [0.29, 0.717) is 10.8 Å². The number of carbonyl (C=O) groups excluding carboxylic acids is 1. The minimum absolute atomic E-state index is 0.00539. The van der Waals surface area contributed by atoms with Crippen molar-refractivity contribution in [2.45, 2.75) is 30.7 Å². The third-order valence-electron chi connectivity index (χ3n) is 2.95. The van der Waals surface area contributed by atoms with Crippen LogP contribution in [0.4, 0.5) is 5.82 Å². The molecule has 1 N–H and O–H groups in total. The van der Waals surface area contributed by atoms with Gasteiger partial charge >= 0.3 is 0 Å². The predicted octanol–water partition coefficient (Wildman–Crippen LogP) is 2.33. The summed E-state index contributed by atoms with van der Waals surface area (Å²) in [7, 11) is 0. The molecule has 6 heteroatoms. The topological polar surface area (TPSA) is 53.4 Å². The van der Waals surface area contributed by atoms with Crippen molar-refractivity contribution in [1.29, 1.82) is 0 Å². The van der Waals surface area contributed by atoms with Crippen molar-refractivity contribution in [3.05, 3.63) is 17.3 Å².